The van der Waals surface area contributed by atoms with E-state index in [9.17, 15) is 0 Å². The summed E-state index contributed by atoms with van der Waals surface area (Å²) in [7, 11) is 1.71. The van der Waals surface area contributed by atoms with Crippen LogP contribution in [0.25, 0.3) is 0 Å². The summed E-state index contributed by atoms with van der Waals surface area (Å²) >= 11 is 3.64. The molecule has 0 bridgehead atoms. The smallest absolute Gasteiger partial charge is 0.171 e. The largest absolute Gasteiger partial charge is 0.493 e. The van der Waals surface area contributed by atoms with E-state index in [-0.39, 0.29) is 17.6 Å². The Bertz CT molecular complexity index is 953. The maximum Gasteiger partial charge on any atom is 0.171 e. The van der Waals surface area contributed by atoms with Gasteiger partial charge < -0.3 is 15.4 Å². The number of ether oxygens (including phenoxy) is 1. The van der Waals surface area contributed by atoms with Crippen molar-refractivity contribution in [3.05, 3.63) is 82.2 Å². The van der Waals surface area contributed by atoms with Crippen molar-refractivity contribution in [1.29, 1.82) is 0 Å². The summed E-state index contributed by atoms with van der Waals surface area (Å²) in [5.74, 6) is 2.09. The number of hydrogen-bond acceptors (Lipinski definition) is 4. The Kier molecular flexibility index (Phi) is 4.75. The molecule has 0 spiro atoms. The molecule has 0 aromatic heterocycles. The van der Waals surface area contributed by atoms with E-state index in [0.29, 0.717) is 5.92 Å². The van der Waals surface area contributed by atoms with Gasteiger partial charge >= 0.3 is 0 Å². The molecule has 0 radical (unpaired) electrons. The van der Waals surface area contributed by atoms with Gasteiger partial charge in [-0.2, -0.15) is 0 Å². The van der Waals surface area contributed by atoms with E-state index >= 15 is 0 Å². The van der Waals surface area contributed by atoms with Gasteiger partial charge in [0.05, 0.1) is 19.2 Å². The molecule has 2 N–H and O–H groups in total. The van der Waals surface area contributed by atoms with Crippen LogP contribution in [-0.2, 0) is 10.3 Å². The molecule has 1 saturated carbocycles. The van der Waals surface area contributed by atoms with Gasteiger partial charge in [-0.25, -0.2) is 0 Å². The zero-order valence-electron chi connectivity index (χ0n) is 16.6. The van der Waals surface area contributed by atoms with Crippen molar-refractivity contribution in [3.8, 4) is 0 Å². The third kappa shape index (κ3) is 3.21. The number of fused-ring (bicyclic) bond motifs is 1. The Morgan fingerprint density at radius 3 is 2.62 bits per heavy atom. The predicted octanol–water partition coefficient (Wildman–Crippen LogP) is 5.06. The number of methoxy groups -OCH3 is 1. The molecular formula is C24H26BrN3O. The monoisotopic (exact) mass is 451 g/mol. The van der Waals surface area contributed by atoms with Gasteiger partial charge in [-0.05, 0) is 58.8 Å². The first-order chi connectivity index (χ1) is 14.1. The van der Waals surface area contributed by atoms with Crippen molar-refractivity contribution < 1.29 is 4.74 Å². The van der Waals surface area contributed by atoms with Crippen molar-refractivity contribution in [2.24, 2.45) is 16.6 Å². The van der Waals surface area contributed by atoms with Crippen molar-refractivity contribution >= 4 is 21.8 Å². The number of benzene rings is 1. The van der Waals surface area contributed by atoms with Gasteiger partial charge in [0.15, 0.2) is 11.6 Å². The Hall–Kier alpha value is -2.11. The fraction of sp³-hybridized carbons (Fsp3) is 0.375. The number of aliphatic imine (C=N–C) groups is 1. The lowest BCUT2D eigenvalue weighted by Gasteiger charge is -2.39. The quantitative estimate of drug-likeness (QED) is 0.695. The lowest BCUT2D eigenvalue weighted by atomic mass is 9.72. The average Bonchev–Trinajstić information content (AvgIpc) is 3.11. The van der Waals surface area contributed by atoms with Crippen LogP contribution in [0.2, 0.25) is 0 Å². The van der Waals surface area contributed by atoms with Crippen LogP contribution in [0.3, 0.4) is 0 Å². The molecule has 3 unspecified atom stereocenters. The molecule has 150 valence electrons. The molecule has 3 atom stereocenters. The van der Waals surface area contributed by atoms with Crippen molar-refractivity contribution in [2.75, 3.05) is 7.11 Å². The first-order valence-electron chi connectivity index (χ1n) is 10.3. The fourth-order valence-electron chi connectivity index (χ4n) is 4.84. The Labute approximate surface area is 180 Å². The van der Waals surface area contributed by atoms with Gasteiger partial charge in [0, 0.05) is 22.1 Å². The van der Waals surface area contributed by atoms with Crippen LogP contribution in [0.4, 0.5) is 0 Å². The Morgan fingerprint density at radius 1 is 1.21 bits per heavy atom. The Morgan fingerprint density at radius 2 is 2.00 bits per heavy atom. The number of amidine groups is 1. The third-order valence-electron chi connectivity index (χ3n) is 6.65. The van der Waals surface area contributed by atoms with E-state index in [2.05, 4.69) is 75.6 Å². The average molecular weight is 452 g/mol. The van der Waals surface area contributed by atoms with E-state index in [4.69, 9.17) is 15.5 Å². The summed E-state index contributed by atoms with van der Waals surface area (Å²) in [5.41, 5.74) is 8.87. The molecule has 1 fully saturated rings. The lowest BCUT2D eigenvalue weighted by Crippen LogP contribution is -2.43. The molecule has 4 nitrogen and oxygen atoms in total. The number of nitrogens with zero attached hydrogens (tertiary/aromatic N) is 2. The molecular weight excluding hydrogens is 426 g/mol. The second-order valence-electron chi connectivity index (χ2n) is 8.37. The van der Waals surface area contributed by atoms with Crippen molar-refractivity contribution in [3.63, 3.8) is 0 Å². The number of allylic oxidation sites excluding steroid dienone is 5. The number of halogens is 1. The summed E-state index contributed by atoms with van der Waals surface area (Å²) in [6.07, 6.45) is 17.3. The minimum Gasteiger partial charge on any atom is -0.493 e. The highest BCUT2D eigenvalue weighted by molar-refractivity contribution is 9.11. The molecule has 29 heavy (non-hydrogen) atoms. The van der Waals surface area contributed by atoms with Crippen LogP contribution in [0.5, 0.6) is 0 Å². The summed E-state index contributed by atoms with van der Waals surface area (Å²) in [6.45, 7) is 0. The van der Waals surface area contributed by atoms with E-state index in [0.717, 1.165) is 35.3 Å². The highest BCUT2D eigenvalue weighted by Gasteiger charge is 2.43. The normalized spacial score (nSPS) is 29.6. The van der Waals surface area contributed by atoms with Crippen LogP contribution in [-0.4, -0.2) is 23.9 Å². The fourth-order valence-corrected chi connectivity index (χ4v) is 5.27. The first-order valence-corrected chi connectivity index (χ1v) is 11.1. The van der Waals surface area contributed by atoms with E-state index in [1.54, 1.807) is 7.11 Å². The van der Waals surface area contributed by atoms with Gasteiger partial charge in [-0.3, -0.25) is 4.99 Å². The van der Waals surface area contributed by atoms with E-state index in [1.807, 2.05) is 6.08 Å². The maximum absolute atomic E-state index is 6.53. The van der Waals surface area contributed by atoms with Gasteiger partial charge in [0.2, 0.25) is 0 Å². The van der Waals surface area contributed by atoms with Gasteiger partial charge in [-0.1, -0.05) is 48.6 Å². The van der Waals surface area contributed by atoms with Crippen LogP contribution in [0.15, 0.2) is 76.1 Å². The first kappa shape index (κ1) is 18.9. The molecule has 1 aromatic rings. The molecule has 2 aliphatic heterocycles. The standard InChI is InChI=1S/C24H26BrN3O/c1-29-20-14-19(25)15-28-22(17-6-3-2-4-7-17)21(27-23(20)28)16-8-10-18(11-9-16)24(26)12-5-13-24/h2-4,6,8-11,14-15,17,21-22H,5,7,12-13,26H2,1H3. The second-order valence-corrected chi connectivity index (χ2v) is 9.28. The topological polar surface area (TPSA) is 50.8 Å². The summed E-state index contributed by atoms with van der Waals surface area (Å²) in [6, 6.07) is 9.11. The second kappa shape index (κ2) is 7.29. The molecule has 4 aliphatic rings. The molecule has 1 aromatic carbocycles. The summed E-state index contributed by atoms with van der Waals surface area (Å²) < 4.78 is 6.65. The molecule has 0 saturated heterocycles. The van der Waals surface area contributed by atoms with Gasteiger partial charge in [0.25, 0.3) is 0 Å². The predicted molar refractivity (Wildman–Crippen MR) is 120 cm³/mol. The van der Waals surface area contributed by atoms with Crippen molar-refractivity contribution in [1.82, 2.24) is 4.90 Å². The van der Waals surface area contributed by atoms with Crippen LogP contribution in [0, 0.1) is 5.92 Å². The molecule has 5 heteroatoms. The van der Waals surface area contributed by atoms with Crippen LogP contribution < -0.4 is 5.73 Å². The zero-order valence-corrected chi connectivity index (χ0v) is 18.2. The number of hydrogen-bond donors (Lipinski definition) is 1. The zero-order chi connectivity index (χ0) is 20.0. The van der Waals surface area contributed by atoms with E-state index in [1.165, 1.54) is 17.5 Å². The highest BCUT2D eigenvalue weighted by atomic mass is 79.9. The maximum atomic E-state index is 6.53. The Balaban J connectivity index is 1.52. The summed E-state index contributed by atoms with van der Waals surface area (Å²) in [5, 5.41) is 0. The minimum absolute atomic E-state index is 0.0449. The van der Waals surface area contributed by atoms with Gasteiger partial charge in [-0.15, -0.1) is 0 Å². The molecule has 2 heterocycles. The van der Waals surface area contributed by atoms with Gasteiger partial charge in [0.1, 0.15) is 0 Å². The number of rotatable bonds is 4. The van der Waals surface area contributed by atoms with Crippen molar-refractivity contribution in [2.45, 2.75) is 43.3 Å². The molecule has 5 rings (SSSR count). The summed E-state index contributed by atoms with van der Waals surface area (Å²) in [4.78, 5) is 7.43. The van der Waals surface area contributed by atoms with E-state index < -0.39 is 0 Å². The third-order valence-corrected chi connectivity index (χ3v) is 7.08. The van der Waals surface area contributed by atoms with Crippen LogP contribution >= 0.6 is 15.9 Å². The minimum atomic E-state index is -0.131. The highest BCUT2D eigenvalue weighted by Crippen LogP contribution is 2.43. The molecule has 0 amide bonds. The lowest BCUT2D eigenvalue weighted by molar-refractivity contribution is 0.253. The van der Waals surface area contributed by atoms with Crippen LogP contribution in [0.1, 0.15) is 42.9 Å². The molecule has 2 aliphatic carbocycles. The number of nitrogens with two attached hydrogens (primary N) is 1. The SMILES string of the molecule is COC1=CC(Br)=CN2C1=NC(c1ccc(C3(N)CCC3)cc1)C2C1C=CC=CC1.